The Kier molecular flexibility index (Phi) is 4.49. The van der Waals surface area contributed by atoms with Crippen LogP contribution in [0.25, 0.3) is 0 Å². The number of nitriles is 1. The largest absolute Gasteiger partial charge is 0.480 e. The van der Waals surface area contributed by atoms with Crippen LogP contribution in [0.2, 0.25) is 0 Å². The Bertz CT molecular complexity index is 384. The van der Waals surface area contributed by atoms with Crippen molar-refractivity contribution in [3.8, 4) is 6.07 Å². The topological polar surface area (TPSA) is 64.3 Å². The number of nitrogens with zero attached hydrogens (tertiary/aromatic N) is 2. The van der Waals surface area contributed by atoms with Gasteiger partial charge in [0.2, 0.25) is 0 Å². The third-order valence-corrected chi connectivity index (χ3v) is 2.30. The SMILES string of the molecule is CC(C#N)N(CC(=O)O)Cc1ccccc1. The van der Waals surface area contributed by atoms with Crippen molar-refractivity contribution in [3.05, 3.63) is 35.9 Å². The minimum Gasteiger partial charge on any atom is -0.480 e. The van der Waals surface area contributed by atoms with Crippen molar-refractivity contribution in [3.63, 3.8) is 0 Å². The monoisotopic (exact) mass is 218 g/mol. The molecule has 16 heavy (non-hydrogen) atoms. The Morgan fingerprint density at radius 3 is 2.62 bits per heavy atom. The molecule has 0 aliphatic rings. The van der Waals surface area contributed by atoms with Gasteiger partial charge in [0.25, 0.3) is 0 Å². The Morgan fingerprint density at radius 2 is 2.12 bits per heavy atom. The smallest absolute Gasteiger partial charge is 0.317 e. The summed E-state index contributed by atoms with van der Waals surface area (Å²) in [6.45, 7) is 2.05. The first kappa shape index (κ1) is 12.2. The lowest BCUT2D eigenvalue weighted by Crippen LogP contribution is -2.35. The second-order valence-corrected chi connectivity index (χ2v) is 3.59. The van der Waals surface area contributed by atoms with Crippen molar-refractivity contribution >= 4 is 5.97 Å². The minimum absolute atomic E-state index is 0.121. The van der Waals surface area contributed by atoms with Crippen LogP contribution in [-0.2, 0) is 11.3 Å². The predicted molar refractivity (Wildman–Crippen MR) is 59.6 cm³/mol. The van der Waals surface area contributed by atoms with Gasteiger partial charge in [-0.1, -0.05) is 30.3 Å². The maximum Gasteiger partial charge on any atom is 0.317 e. The lowest BCUT2D eigenvalue weighted by molar-refractivity contribution is -0.138. The molecular weight excluding hydrogens is 204 g/mol. The Morgan fingerprint density at radius 1 is 1.50 bits per heavy atom. The molecule has 0 aliphatic heterocycles. The second kappa shape index (κ2) is 5.89. The summed E-state index contributed by atoms with van der Waals surface area (Å²) in [5.74, 6) is -0.918. The highest BCUT2D eigenvalue weighted by atomic mass is 16.4. The van der Waals surface area contributed by atoms with E-state index in [4.69, 9.17) is 10.4 Å². The summed E-state index contributed by atoms with van der Waals surface area (Å²) in [5.41, 5.74) is 1.01. The molecule has 1 N–H and O–H groups in total. The number of carboxylic acids is 1. The van der Waals surface area contributed by atoms with Crippen molar-refractivity contribution in [1.29, 1.82) is 5.26 Å². The summed E-state index contributed by atoms with van der Waals surface area (Å²) in [5, 5.41) is 17.6. The fraction of sp³-hybridized carbons (Fsp3) is 0.333. The van der Waals surface area contributed by atoms with Gasteiger partial charge in [-0.05, 0) is 12.5 Å². The minimum atomic E-state index is -0.918. The standard InChI is InChI=1S/C12H14N2O2/c1-10(7-13)14(9-12(15)16)8-11-5-3-2-4-6-11/h2-6,10H,8-9H2,1H3,(H,15,16). The highest BCUT2D eigenvalue weighted by Gasteiger charge is 2.16. The predicted octanol–water partition coefficient (Wildman–Crippen LogP) is 1.49. The van der Waals surface area contributed by atoms with E-state index in [1.54, 1.807) is 11.8 Å². The van der Waals surface area contributed by atoms with E-state index in [-0.39, 0.29) is 6.54 Å². The average molecular weight is 218 g/mol. The molecule has 4 nitrogen and oxygen atoms in total. The lowest BCUT2D eigenvalue weighted by atomic mass is 10.2. The van der Waals surface area contributed by atoms with Crippen LogP contribution in [-0.4, -0.2) is 28.6 Å². The first-order chi connectivity index (χ1) is 7.63. The highest BCUT2D eigenvalue weighted by molar-refractivity contribution is 5.69. The molecule has 84 valence electrons. The van der Waals surface area contributed by atoms with Crippen LogP contribution in [0.4, 0.5) is 0 Å². The van der Waals surface area contributed by atoms with Gasteiger partial charge in [-0.15, -0.1) is 0 Å². The first-order valence-electron chi connectivity index (χ1n) is 5.03. The van der Waals surface area contributed by atoms with Crippen molar-refractivity contribution in [1.82, 2.24) is 4.90 Å². The first-order valence-corrected chi connectivity index (χ1v) is 5.03. The summed E-state index contributed by atoms with van der Waals surface area (Å²) in [6, 6.07) is 11.2. The molecule has 0 aliphatic carbocycles. The van der Waals surface area contributed by atoms with E-state index in [0.29, 0.717) is 6.54 Å². The maximum atomic E-state index is 10.7. The van der Waals surface area contributed by atoms with Gasteiger partial charge in [0.15, 0.2) is 0 Å². The Hall–Kier alpha value is -1.86. The summed E-state index contributed by atoms with van der Waals surface area (Å²) >= 11 is 0. The molecule has 1 aromatic carbocycles. The maximum absolute atomic E-state index is 10.7. The third kappa shape index (κ3) is 3.71. The van der Waals surface area contributed by atoms with E-state index in [0.717, 1.165) is 5.56 Å². The van der Waals surface area contributed by atoms with Crippen molar-refractivity contribution in [2.45, 2.75) is 19.5 Å². The zero-order chi connectivity index (χ0) is 12.0. The van der Waals surface area contributed by atoms with Crippen molar-refractivity contribution in [2.24, 2.45) is 0 Å². The molecule has 1 unspecified atom stereocenters. The number of hydrogen-bond acceptors (Lipinski definition) is 3. The van der Waals surface area contributed by atoms with Crippen LogP contribution in [0.15, 0.2) is 30.3 Å². The van der Waals surface area contributed by atoms with Crippen LogP contribution in [0, 0.1) is 11.3 Å². The quantitative estimate of drug-likeness (QED) is 0.813. The van der Waals surface area contributed by atoms with Gasteiger partial charge < -0.3 is 5.11 Å². The molecule has 1 aromatic rings. The second-order valence-electron chi connectivity index (χ2n) is 3.59. The molecule has 0 fully saturated rings. The zero-order valence-corrected chi connectivity index (χ0v) is 9.13. The van der Waals surface area contributed by atoms with E-state index in [1.165, 1.54) is 0 Å². The molecule has 4 heteroatoms. The number of carboxylic acid groups (broad SMARTS) is 1. The van der Waals surface area contributed by atoms with Crippen molar-refractivity contribution < 1.29 is 9.90 Å². The van der Waals surface area contributed by atoms with Gasteiger partial charge >= 0.3 is 5.97 Å². The van der Waals surface area contributed by atoms with Gasteiger partial charge in [-0.25, -0.2) is 0 Å². The third-order valence-electron chi connectivity index (χ3n) is 2.30. The Balaban J connectivity index is 2.71. The fourth-order valence-electron chi connectivity index (χ4n) is 1.40. The molecule has 0 saturated carbocycles. The fourth-order valence-corrected chi connectivity index (χ4v) is 1.40. The zero-order valence-electron chi connectivity index (χ0n) is 9.13. The van der Waals surface area contributed by atoms with Gasteiger partial charge in [-0.2, -0.15) is 5.26 Å². The van der Waals surface area contributed by atoms with Crippen LogP contribution in [0.3, 0.4) is 0 Å². The number of benzene rings is 1. The van der Waals surface area contributed by atoms with Gasteiger partial charge in [0.1, 0.15) is 0 Å². The molecule has 0 saturated heterocycles. The summed E-state index contributed by atoms with van der Waals surface area (Å²) in [7, 11) is 0. The molecule has 1 rings (SSSR count). The van der Waals surface area contributed by atoms with E-state index in [1.807, 2.05) is 30.3 Å². The number of hydrogen-bond donors (Lipinski definition) is 1. The van der Waals surface area contributed by atoms with E-state index in [9.17, 15) is 4.79 Å². The van der Waals surface area contributed by atoms with Gasteiger partial charge in [0, 0.05) is 6.54 Å². The summed E-state index contributed by atoms with van der Waals surface area (Å²) < 4.78 is 0. The molecule has 0 aromatic heterocycles. The van der Waals surface area contributed by atoms with E-state index >= 15 is 0 Å². The summed E-state index contributed by atoms with van der Waals surface area (Å²) in [6.07, 6.45) is 0. The van der Waals surface area contributed by atoms with Crippen LogP contribution < -0.4 is 0 Å². The van der Waals surface area contributed by atoms with Gasteiger partial charge in [0.05, 0.1) is 18.7 Å². The molecule has 0 heterocycles. The molecule has 0 radical (unpaired) electrons. The van der Waals surface area contributed by atoms with E-state index < -0.39 is 12.0 Å². The molecular formula is C12H14N2O2. The van der Waals surface area contributed by atoms with Crippen LogP contribution in [0.5, 0.6) is 0 Å². The normalized spacial score (nSPS) is 12.1. The lowest BCUT2D eigenvalue weighted by Gasteiger charge is -2.22. The van der Waals surface area contributed by atoms with Gasteiger partial charge in [-0.3, -0.25) is 9.69 Å². The van der Waals surface area contributed by atoms with Crippen molar-refractivity contribution in [2.75, 3.05) is 6.54 Å². The highest BCUT2D eigenvalue weighted by Crippen LogP contribution is 2.07. The molecule has 0 bridgehead atoms. The average Bonchev–Trinajstić information content (AvgIpc) is 2.28. The number of aliphatic carboxylic acids is 1. The number of carbonyl (C=O) groups is 1. The van der Waals surface area contributed by atoms with Crippen LogP contribution in [0.1, 0.15) is 12.5 Å². The van der Waals surface area contributed by atoms with E-state index in [2.05, 4.69) is 6.07 Å². The Labute approximate surface area is 94.7 Å². The molecule has 0 amide bonds. The molecule has 1 atom stereocenters. The molecule has 0 spiro atoms. The number of rotatable bonds is 5. The van der Waals surface area contributed by atoms with Crippen LogP contribution >= 0.6 is 0 Å². The summed E-state index contributed by atoms with van der Waals surface area (Å²) in [4.78, 5) is 12.3.